The molecule has 1 unspecified atom stereocenters. The quantitative estimate of drug-likeness (QED) is 0.724. The van der Waals surface area contributed by atoms with E-state index in [0.717, 1.165) is 5.56 Å². The van der Waals surface area contributed by atoms with Gasteiger partial charge in [-0.15, -0.1) is 12.4 Å². The van der Waals surface area contributed by atoms with E-state index in [2.05, 4.69) is 0 Å². The fourth-order valence-corrected chi connectivity index (χ4v) is 1.29. The van der Waals surface area contributed by atoms with Crippen LogP contribution in [0, 0.1) is 6.92 Å². The minimum absolute atomic E-state index is 0. The van der Waals surface area contributed by atoms with Gasteiger partial charge in [0.05, 0.1) is 0 Å². The van der Waals surface area contributed by atoms with E-state index in [4.69, 9.17) is 11.5 Å². The molecule has 5 N–H and O–H groups in total. The Balaban J connectivity index is 0.00000196. The lowest BCUT2D eigenvalue weighted by Crippen LogP contribution is -2.20. The molecule has 1 atom stereocenters. The minimum Gasteiger partial charge on any atom is -0.508 e. The van der Waals surface area contributed by atoms with Crippen LogP contribution in [0.4, 0.5) is 0 Å². The minimum atomic E-state index is -0.534. The van der Waals surface area contributed by atoms with Crippen LogP contribution in [0.5, 0.6) is 5.75 Å². The molecule has 0 spiro atoms. The molecule has 1 aromatic carbocycles. The monoisotopic (exact) mass is 230 g/mol. The maximum Gasteiger partial charge on any atom is 0.219 e. The third-order valence-corrected chi connectivity index (χ3v) is 2.01. The normalized spacial score (nSPS) is 11.6. The maximum atomic E-state index is 10.6. The number of hydrogen-bond acceptors (Lipinski definition) is 3. The van der Waals surface area contributed by atoms with E-state index in [1.807, 2.05) is 13.0 Å². The lowest BCUT2D eigenvalue weighted by molar-refractivity contribution is -0.118. The zero-order valence-electron chi connectivity index (χ0n) is 8.43. The summed E-state index contributed by atoms with van der Waals surface area (Å²) >= 11 is 0. The molecule has 0 aliphatic heterocycles. The number of aryl methyl sites for hydroxylation is 1. The van der Waals surface area contributed by atoms with Gasteiger partial charge in [-0.1, -0.05) is 12.1 Å². The van der Waals surface area contributed by atoms with Gasteiger partial charge in [0.25, 0.3) is 0 Å². The van der Waals surface area contributed by atoms with Gasteiger partial charge in [0.2, 0.25) is 5.91 Å². The Kier molecular flexibility index (Phi) is 5.11. The molecule has 0 radical (unpaired) electrons. The number of carbonyl (C=O) groups excluding carboxylic acids is 1. The van der Waals surface area contributed by atoms with Crippen LogP contribution in [0.2, 0.25) is 0 Å². The molecule has 0 bridgehead atoms. The van der Waals surface area contributed by atoms with Gasteiger partial charge >= 0.3 is 0 Å². The molecule has 0 heterocycles. The molecule has 0 aromatic heterocycles. The number of benzene rings is 1. The topological polar surface area (TPSA) is 89.3 Å². The highest BCUT2D eigenvalue weighted by Crippen LogP contribution is 2.25. The van der Waals surface area contributed by atoms with Crippen LogP contribution < -0.4 is 11.5 Å². The molecule has 84 valence electrons. The van der Waals surface area contributed by atoms with Crippen LogP contribution in [0.15, 0.2) is 18.2 Å². The number of hydrogen-bond donors (Lipinski definition) is 3. The van der Waals surface area contributed by atoms with Gasteiger partial charge in [-0.25, -0.2) is 0 Å². The molecule has 15 heavy (non-hydrogen) atoms. The maximum absolute atomic E-state index is 10.6. The summed E-state index contributed by atoms with van der Waals surface area (Å²) in [5.41, 5.74) is 12.2. The van der Waals surface area contributed by atoms with Gasteiger partial charge in [-0.2, -0.15) is 0 Å². The van der Waals surface area contributed by atoms with Gasteiger partial charge in [0.15, 0.2) is 0 Å². The van der Waals surface area contributed by atoms with E-state index >= 15 is 0 Å². The van der Waals surface area contributed by atoms with Crippen molar-refractivity contribution in [2.45, 2.75) is 19.4 Å². The molecule has 0 aliphatic rings. The van der Waals surface area contributed by atoms with E-state index in [1.165, 1.54) is 0 Å². The molecule has 1 rings (SSSR count). The molecule has 0 aliphatic carbocycles. The van der Waals surface area contributed by atoms with Crippen LogP contribution >= 0.6 is 12.4 Å². The SMILES string of the molecule is Cc1ccc(C(N)CC(N)=O)c(O)c1.Cl. The Hall–Kier alpha value is -1.26. The average molecular weight is 231 g/mol. The predicted molar refractivity (Wildman–Crippen MR) is 60.8 cm³/mol. The summed E-state index contributed by atoms with van der Waals surface area (Å²) in [6.07, 6.45) is 0.0383. The molecule has 5 heteroatoms. The van der Waals surface area contributed by atoms with Crippen molar-refractivity contribution in [2.75, 3.05) is 0 Å². The second kappa shape index (κ2) is 5.58. The van der Waals surface area contributed by atoms with Gasteiger partial charge in [-0.05, 0) is 18.6 Å². The zero-order valence-corrected chi connectivity index (χ0v) is 9.25. The first-order chi connectivity index (χ1) is 6.50. The summed E-state index contributed by atoms with van der Waals surface area (Å²) in [4.78, 5) is 10.6. The first-order valence-corrected chi connectivity index (χ1v) is 4.34. The first-order valence-electron chi connectivity index (χ1n) is 4.34. The summed E-state index contributed by atoms with van der Waals surface area (Å²) in [7, 11) is 0. The van der Waals surface area contributed by atoms with E-state index in [1.54, 1.807) is 12.1 Å². The van der Waals surface area contributed by atoms with Crippen molar-refractivity contribution in [3.63, 3.8) is 0 Å². The summed E-state index contributed by atoms with van der Waals surface area (Å²) < 4.78 is 0. The Morgan fingerprint density at radius 1 is 1.53 bits per heavy atom. The molecule has 0 fully saturated rings. The van der Waals surface area contributed by atoms with Gasteiger partial charge in [0.1, 0.15) is 5.75 Å². The van der Waals surface area contributed by atoms with Gasteiger partial charge in [-0.3, -0.25) is 4.79 Å². The number of phenols is 1. The molecule has 0 saturated heterocycles. The van der Waals surface area contributed by atoms with Gasteiger partial charge in [0, 0.05) is 18.0 Å². The molecule has 0 saturated carbocycles. The van der Waals surface area contributed by atoms with Crippen LogP contribution in [0.1, 0.15) is 23.6 Å². The second-order valence-corrected chi connectivity index (χ2v) is 3.34. The van der Waals surface area contributed by atoms with E-state index in [0.29, 0.717) is 5.56 Å². The highest BCUT2D eigenvalue weighted by Gasteiger charge is 2.12. The van der Waals surface area contributed by atoms with E-state index in [-0.39, 0.29) is 24.6 Å². The summed E-state index contributed by atoms with van der Waals surface area (Å²) in [6, 6.07) is 4.61. The number of aromatic hydroxyl groups is 1. The average Bonchev–Trinajstić information content (AvgIpc) is 2.01. The zero-order chi connectivity index (χ0) is 10.7. The largest absolute Gasteiger partial charge is 0.508 e. The van der Waals surface area contributed by atoms with Crippen molar-refractivity contribution in [1.82, 2.24) is 0 Å². The third-order valence-electron chi connectivity index (χ3n) is 2.01. The Bertz CT molecular complexity index is 355. The highest BCUT2D eigenvalue weighted by atomic mass is 35.5. The van der Waals surface area contributed by atoms with Crippen molar-refractivity contribution < 1.29 is 9.90 Å². The number of halogens is 1. The second-order valence-electron chi connectivity index (χ2n) is 3.34. The summed E-state index contributed by atoms with van der Waals surface area (Å²) in [5, 5.41) is 9.54. The fraction of sp³-hybridized carbons (Fsp3) is 0.300. The third kappa shape index (κ3) is 3.77. The Morgan fingerprint density at radius 2 is 2.13 bits per heavy atom. The number of carbonyl (C=O) groups is 1. The molecule has 4 nitrogen and oxygen atoms in total. The van der Waals surface area contributed by atoms with E-state index < -0.39 is 11.9 Å². The van der Waals surface area contributed by atoms with Crippen molar-refractivity contribution in [3.05, 3.63) is 29.3 Å². The highest BCUT2D eigenvalue weighted by molar-refractivity contribution is 5.85. The van der Waals surface area contributed by atoms with Gasteiger partial charge < -0.3 is 16.6 Å². The predicted octanol–water partition coefficient (Wildman–Crippen LogP) is 0.998. The smallest absolute Gasteiger partial charge is 0.219 e. The van der Waals surface area contributed by atoms with Crippen molar-refractivity contribution >= 4 is 18.3 Å². The number of rotatable bonds is 3. The molecule has 1 aromatic rings. The summed E-state index contributed by atoms with van der Waals surface area (Å²) in [6.45, 7) is 1.86. The lowest BCUT2D eigenvalue weighted by atomic mass is 10.0. The van der Waals surface area contributed by atoms with E-state index in [9.17, 15) is 9.90 Å². The van der Waals surface area contributed by atoms with Crippen LogP contribution in [-0.4, -0.2) is 11.0 Å². The molecule has 1 amide bonds. The van der Waals surface area contributed by atoms with Crippen LogP contribution in [0.25, 0.3) is 0 Å². The number of primary amides is 1. The standard InChI is InChI=1S/C10H14N2O2.ClH/c1-6-2-3-7(9(13)4-6)8(11)5-10(12)14;/h2-4,8,13H,5,11H2,1H3,(H2,12,14);1H. The number of amides is 1. The molecular formula is C10H15ClN2O2. The number of nitrogens with two attached hydrogens (primary N) is 2. The first kappa shape index (κ1) is 13.7. The van der Waals surface area contributed by atoms with Crippen molar-refractivity contribution in [1.29, 1.82) is 0 Å². The molecular weight excluding hydrogens is 216 g/mol. The fourth-order valence-electron chi connectivity index (χ4n) is 1.29. The number of phenolic OH excluding ortho intramolecular Hbond substituents is 1. The van der Waals surface area contributed by atoms with Crippen LogP contribution in [-0.2, 0) is 4.79 Å². The Morgan fingerprint density at radius 3 is 2.60 bits per heavy atom. The lowest BCUT2D eigenvalue weighted by Gasteiger charge is -2.11. The van der Waals surface area contributed by atoms with Crippen molar-refractivity contribution in [2.24, 2.45) is 11.5 Å². The van der Waals surface area contributed by atoms with Crippen LogP contribution in [0.3, 0.4) is 0 Å². The van der Waals surface area contributed by atoms with Crippen molar-refractivity contribution in [3.8, 4) is 5.75 Å². The Labute approximate surface area is 94.7 Å². The summed E-state index contributed by atoms with van der Waals surface area (Å²) in [5.74, 6) is -0.365.